The highest BCUT2D eigenvalue weighted by atomic mass is 35.5. The third-order valence-electron chi connectivity index (χ3n) is 5.68. The van der Waals surface area contributed by atoms with E-state index < -0.39 is 0 Å². The predicted molar refractivity (Wildman–Crippen MR) is 104 cm³/mol. The molecule has 3 atom stereocenters. The van der Waals surface area contributed by atoms with Gasteiger partial charge >= 0.3 is 0 Å². The van der Waals surface area contributed by atoms with Crippen LogP contribution in [0, 0.1) is 11.8 Å². The number of likely N-dealkylation sites (tertiary alicyclic amines) is 1. The Balaban J connectivity index is 0.00000225. The van der Waals surface area contributed by atoms with Crippen molar-refractivity contribution in [2.75, 3.05) is 26.7 Å². The van der Waals surface area contributed by atoms with Crippen molar-refractivity contribution in [2.45, 2.75) is 38.6 Å². The van der Waals surface area contributed by atoms with Crippen LogP contribution in [0.4, 0.5) is 0 Å². The summed E-state index contributed by atoms with van der Waals surface area (Å²) < 4.78 is 5.29. The van der Waals surface area contributed by atoms with Crippen molar-refractivity contribution in [3.8, 4) is 5.75 Å². The molecule has 25 heavy (non-hydrogen) atoms. The number of nitrogens with zero attached hydrogens (tertiary/aromatic N) is 1. The Morgan fingerprint density at radius 2 is 2.12 bits per heavy atom. The monoisotopic (exact) mass is 386 g/mol. The number of benzene rings is 1. The number of hydrogen-bond donors (Lipinski definition) is 1. The minimum absolute atomic E-state index is 0. The van der Waals surface area contributed by atoms with Crippen LogP contribution in [0.2, 0.25) is 5.02 Å². The van der Waals surface area contributed by atoms with Gasteiger partial charge in [0.15, 0.2) is 0 Å². The van der Waals surface area contributed by atoms with E-state index in [1.165, 1.54) is 32.2 Å². The van der Waals surface area contributed by atoms with Crippen molar-refractivity contribution < 1.29 is 9.53 Å². The molecule has 1 saturated carbocycles. The zero-order valence-corrected chi connectivity index (χ0v) is 16.5. The second-order valence-electron chi connectivity index (χ2n) is 6.92. The minimum atomic E-state index is -0.107. The molecule has 0 bridgehead atoms. The van der Waals surface area contributed by atoms with Gasteiger partial charge in [0.1, 0.15) is 5.75 Å². The van der Waals surface area contributed by atoms with Gasteiger partial charge < -0.3 is 10.1 Å². The van der Waals surface area contributed by atoms with Gasteiger partial charge in [0.25, 0.3) is 5.91 Å². The molecule has 1 amide bonds. The minimum Gasteiger partial charge on any atom is -0.496 e. The fourth-order valence-electron chi connectivity index (χ4n) is 4.47. The van der Waals surface area contributed by atoms with Gasteiger partial charge in [-0.25, -0.2) is 0 Å². The average molecular weight is 387 g/mol. The van der Waals surface area contributed by atoms with Gasteiger partial charge in [-0.1, -0.05) is 31.4 Å². The molecule has 3 unspecified atom stereocenters. The molecule has 140 valence electrons. The summed E-state index contributed by atoms with van der Waals surface area (Å²) in [5.41, 5.74) is 0.506. The summed E-state index contributed by atoms with van der Waals surface area (Å²) in [6, 6.07) is 5.60. The van der Waals surface area contributed by atoms with Gasteiger partial charge in [-0.15, -0.1) is 12.4 Å². The van der Waals surface area contributed by atoms with E-state index in [0.29, 0.717) is 28.9 Å². The van der Waals surface area contributed by atoms with E-state index in [1.807, 2.05) is 0 Å². The molecule has 1 heterocycles. The van der Waals surface area contributed by atoms with Crippen LogP contribution in [0.3, 0.4) is 0 Å². The highest BCUT2D eigenvalue weighted by Crippen LogP contribution is 2.40. The summed E-state index contributed by atoms with van der Waals surface area (Å²) in [5.74, 6) is 1.98. The summed E-state index contributed by atoms with van der Waals surface area (Å²) >= 11 is 6.04. The number of hydrogen-bond acceptors (Lipinski definition) is 3. The van der Waals surface area contributed by atoms with E-state index >= 15 is 0 Å². The quantitative estimate of drug-likeness (QED) is 0.830. The Morgan fingerprint density at radius 3 is 2.84 bits per heavy atom. The second kappa shape index (κ2) is 9.11. The molecule has 0 aromatic heterocycles. The van der Waals surface area contributed by atoms with Gasteiger partial charge in [0.2, 0.25) is 0 Å². The second-order valence-corrected chi connectivity index (χ2v) is 7.35. The van der Waals surface area contributed by atoms with E-state index in [2.05, 4.69) is 17.1 Å². The number of carbonyl (C=O) groups is 1. The largest absolute Gasteiger partial charge is 0.496 e. The molecule has 6 heteroatoms. The number of rotatable bonds is 5. The zero-order chi connectivity index (χ0) is 17.1. The lowest BCUT2D eigenvalue weighted by atomic mass is 9.78. The van der Waals surface area contributed by atoms with Crippen molar-refractivity contribution in [1.82, 2.24) is 10.2 Å². The van der Waals surface area contributed by atoms with Gasteiger partial charge in [-0.2, -0.15) is 0 Å². The Bertz CT molecular complexity index is 597. The number of carbonyl (C=O) groups excluding carboxylic acids is 1. The first kappa shape index (κ1) is 20.3. The maximum Gasteiger partial charge on any atom is 0.255 e. The van der Waals surface area contributed by atoms with Crippen LogP contribution >= 0.6 is 24.0 Å². The summed E-state index contributed by atoms with van der Waals surface area (Å²) in [6.07, 6.45) is 5.32. The maximum absolute atomic E-state index is 12.6. The highest BCUT2D eigenvalue weighted by molar-refractivity contribution is 6.31. The molecule has 3 rings (SSSR count). The van der Waals surface area contributed by atoms with Gasteiger partial charge in [-0.3, -0.25) is 9.69 Å². The SMILES string of the molecule is CCN1CC2CCCCC2C1CNC(=O)c1cc(Cl)ccc1OC.Cl. The first-order valence-electron chi connectivity index (χ1n) is 8.99. The Kier molecular flexibility index (Phi) is 7.41. The maximum atomic E-state index is 12.6. The molecular weight excluding hydrogens is 359 g/mol. The summed E-state index contributed by atoms with van der Waals surface area (Å²) in [4.78, 5) is 15.2. The molecule has 2 aliphatic rings. The summed E-state index contributed by atoms with van der Waals surface area (Å²) in [5, 5.41) is 3.67. The van der Waals surface area contributed by atoms with Crippen LogP contribution in [-0.2, 0) is 0 Å². The topological polar surface area (TPSA) is 41.6 Å². The number of likely N-dealkylation sites (N-methyl/N-ethyl adjacent to an activating group) is 1. The van der Waals surface area contributed by atoms with Crippen LogP contribution in [0.25, 0.3) is 0 Å². The van der Waals surface area contributed by atoms with E-state index in [4.69, 9.17) is 16.3 Å². The normalized spacial score (nSPS) is 25.8. The van der Waals surface area contributed by atoms with E-state index in [9.17, 15) is 4.79 Å². The fourth-order valence-corrected chi connectivity index (χ4v) is 4.64. The lowest BCUT2D eigenvalue weighted by molar-refractivity contribution is 0.0930. The Morgan fingerprint density at radius 1 is 1.36 bits per heavy atom. The van der Waals surface area contributed by atoms with Gasteiger partial charge in [-0.05, 0) is 49.4 Å². The molecule has 1 aromatic rings. The first-order valence-corrected chi connectivity index (χ1v) is 9.37. The number of nitrogens with one attached hydrogen (secondary N) is 1. The third kappa shape index (κ3) is 4.42. The van der Waals surface area contributed by atoms with Crippen LogP contribution in [0.1, 0.15) is 43.0 Å². The van der Waals surface area contributed by atoms with Crippen molar-refractivity contribution in [3.63, 3.8) is 0 Å². The van der Waals surface area contributed by atoms with Crippen molar-refractivity contribution in [2.24, 2.45) is 11.8 Å². The number of methoxy groups -OCH3 is 1. The standard InChI is InChI=1S/C19H27ClN2O2.ClH/c1-3-22-12-13-6-4-5-7-15(13)17(22)11-21-19(23)16-10-14(20)8-9-18(16)24-2;/h8-10,13,15,17H,3-7,11-12H2,1-2H3,(H,21,23);1H. The van der Waals surface area contributed by atoms with E-state index in [-0.39, 0.29) is 18.3 Å². The van der Waals surface area contributed by atoms with Crippen LogP contribution < -0.4 is 10.1 Å². The lowest BCUT2D eigenvalue weighted by Crippen LogP contribution is -2.43. The number of ether oxygens (including phenoxy) is 1. The number of amides is 1. The Labute approximate surface area is 161 Å². The average Bonchev–Trinajstić information content (AvgIpc) is 2.97. The van der Waals surface area contributed by atoms with Crippen molar-refractivity contribution in [3.05, 3.63) is 28.8 Å². The highest BCUT2D eigenvalue weighted by Gasteiger charge is 2.41. The molecule has 1 aliphatic heterocycles. The zero-order valence-electron chi connectivity index (χ0n) is 15.0. The van der Waals surface area contributed by atoms with Crippen molar-refractivity contribution >= 4 is 29.9 Å². The molecule has 0 radical (unpaired) electrons. The Hall–Kier alpha value is -0.970. The fraction of sp³-hybridized carbons (Fsp3) is 0.632. The van der Waals surface area contributed by atoms with Gasteiger partial charge in [0, 0.05) is 24.2 Å². The van der Waals surface area contributed by atoms with Crippen molar-refractivity contribution in [1.29, 1.82) is 0 Å². The molecule has 1 aliphatic carbocycles. The molecule has 4 nitrogen and oxygen atoms in total. The molecular formula is C19H28Cl2N2O2. The van der Waals surface area contributed by atoms with Crippen LogP contribution in [-0.4, -0.2) is 43.6 Å². The van der Waals surface area contributed by atoms with Crippen LogP contribution in [0.15, 0.2) is 18.2 Å². The molecule has 1 N–H and O–H groups in total. The molecule has 1 saturated heterocycles. The van der Waals surface area contributed by atoms with E-state index in [1.54, 1.807) is 25.3 Å². The summed E-state index contributed by atoms with van der Waals surface area (Å²) in [6.45, 7) is 5.14. The number of fused-ring (bicyclic) bond motifs is 1. The van der Waals surface area contributed by atoms with E-state index in [0.717, 1.165) is 18.4 Å². The molecule has 2 fully saturated rings. The first-order chi connectivity index (χ1) is 11.6. The summed E-state index contributed by atoms with van der Waals surface area (Å²) in [7, 11) is 1.57. The molecule has 1 aromatic carbocycles. The van der Waals surface area contributed by atoms with Gasteiger partial charge in [0.05, 0.1) is 12.7 Å². The lowest BCUT2D eigenvalue weighted by Gasteiger charge is -2.30. The third-order valence-corrected chi connectivity index (χ3v) is 5.92. The number of halogens is 2. The molecule has 0 spiro atoms. The smallest absolute Gasteiger partial charge is 0.255 e. The predicted octanol–water partition coefficient (Wildman–Crippen LogP) is 4.01. The van der Waals surface area contributed by atoms with Crippen LogP contribution in [0.5, 0.6) is 5.75 Å².